The highest BCUT2D eigenvalue weighted by atomic mass is 32.1. The van der Waals surface area contributed by atoms with Crippen molar-refractivity contribution in [3.05, 3.63) is 82.8 Å². The van der Waals surface area contributed by atoms with Crippen LogP contribution in [0.4, 0.5) is 0 Å². The summed E-state index contributed by atoms with van der Waals surface area (Å²) >= 11 is 1.58. The molecule has 0 unspecified atom stereocenters. The van der Waals surface area contributed by atoms with Gasteiger partial charge in [-0.2, -0.15) is 16.4 Å². The Balaban J connectivity index is 1.72. The first-order chi connectivity index (χ1) is 12.8. The van der Waals surface area contributed by atoms with E-state index < -0.39 is 0 Å². The molecular formula is C20H15N4OS+. The number of aromatic nitrogens is 2. The lowest BCUT2D eigenvalue weighted by atomic mass is 10.0. The van der Waals surface area contributed by atoms with Crippen molar-refractivity contribution in [1.29, 1.82) is 0 Å². The summed E-state index contributed by atoms with van der Waals surface area (Å²) in [6.45, 7) is 0. The van der Waals surface area contributed by atoms with Crippen LogP contribution in [0.3, 0.4) is 0 Å². The lowest BCUT2D eigenvalue weighted by Crippen LogP contribution is -2.18. The summed E-state index contributed by atoms with van der Waals surface area (Å²) in [6.07, 6.45) is 5.29. The number of H-pyrrole nitrogens is 1. The number of aromatic amines is 1. The standard InChI is InChI=1S/C20H14N4OS/c25-20(24-22-12-14-7-10-26-13-14)17-11-19(15-5-8-21-9-6-15)23-18-4-2-1-3-16(17)18/h1-13H,(H,24,25)/p+1. The number of pyridine rings is 2. The molecular weight excluding hydrogens is 344 g/mol. The third-order valence-corrected chi connectivity index (χ3v) is 4.60. The predicted octanol–water partition coefficient (Wildman–Crippen LogP) is 3.54. The summed E-state index contributed by atoms with van der Waals surface area (Å²) in [4.78, 5) is 20.4. The normalized spacial score (nSPS) is 11.1. The summed E-state index contributed by atoms with van der Waals surface area (Å²) in [5, 5.41) is 8.77. The Bertz CT molecular complexity index is 1080. The molecule has 1 amide bonds. The van der Waals surface area contributed by atoms with E-state index in [4.69, 9.17) is 0 Å². The van der Waals surface area contributed by atoms with E-state index in [9.17, 15) is 4.79 Å². The van der Waals surface area contributed by atoms with Gasteiger partial charge in [-0.3, -0.25) is 4.79 Å². The van der Waals surface area contributed by atoms with Crippen LogP contribution in [0.15, 0.2) is 76.8 Å². The maximum Gasteiger partial charge on any atom is 0.272 e. The van der Waals surface area contributed by atoms with Gasteiger partial charge < -0.3 is 0 Å². The van der Waals surface area contributed by atoms with E-state index >= 15 is 0 Å². The number of fused-ring (bicyclic) bond motifs is 1. The molecule has 0 atom stereocenters. The summed E-state index contributed by atoms with van der Waals surface area (Å²) in [7, 11) is 0. The van der Waals surface area contributed by atoms with Crippen molar-refractivity contribution in [3.63, 3.8) is 0 Å². The fourth-order valence-electron chi connectivity index (χ4n) is 2.64. The molecule has 0 aliphatic carbocycles. The quantitative estimate of drug-likeness (QED) is 0.447. The van der Waals surface area contributed by atoms with Crippen LogP contribution >= 0.6 is 11.3 Å². The van der Waals surface area contributed by atoms with Gasteiger partial charge in [-0.25, -0.2) is 15.4 Å². The second-order valence-corrected chi connectivity index (χ2v) is 6.40. The van der Waals surface area contributed by atoms with Gasteiger partial charge in [-0.15, -0.1) is 0 Å². The number of hydrogen-bond donors (Lipinski definition) is 1. The zero-order valence-corrected chi connectivity index (χ0v) is 14.5. The van der Waals surface area contributed by atoms with Gasteiger partial charge in [-0.1, -0.05) is 18.2 Å². The van der Waals surface area contributed by atoms with Gasteiger partial charge in [0.2, 0.25) is 0 Å². The zero-order chi connectivity index (χ0) is 17.8. The van der Waals surface area contributed by atoms with Gasteiger partial charge in [-0.05, 0) is 29.0 Å². The van der Waals surface area contributed by atoms with Gasteiger partial charge in [0, 0.05) is 28.6 Å². The average Bonchev–Trinajstić information content (AvgIpc) is 3.21. The molecule has 0 fully saturated rings. The lowest BCUT2D eigenvalue weighted by molar-refractivity contribution is -0.377. The van der Waals surface area contributed by atoms with Crippen LogP contribution in [-0.2, 0) is 0 Å². The minimum Gasteiger partial charge on any atom is -0.267 e. The highest BCUT2D eigenvalue weighted by molar-refractivity contribution is 7.08. The highest BCUT2D eigenvalue weighted by Gasteiger charge is 2.13. The van der Waals surface area contributed by atoms with E-state index in [2.05, 4.69) is 20.5 Å². The fraction of sp³-hybridized carbons (Fsp3) is 0. The molecule has 1 aromatic carbocycles. The third-order valence-electron chi connectivity index (χ3n) is 3.90. The molecule has 5 nitrogen and oxygen atoms in total. The number of hydrogen-bond acceptors (Lipinski definition) is 4. The van der Waals surface area contributed by atoms with Gasteiger partial charge in [0.1, 0.15) is 0 Å². The summed E-state index contributed by atoms with van der Waals surface area (Å²) in [5.41, 5.74) is 6.55. The molecule has 3 aromatic heterocycles. The molecule has 0 saturated heterocycles. The number of nitrogens with zero attached hydrogens (tertiary/aromatic N) is 2. The van der Waals surface area contributed by atoms with Crippen LogP contribution in [0, 0.1) is 0 Å². The Kier molecular flexibility index (Phi) is 4.49. The van der Waals surface area contributed by atoms with Gasteiger partial charge in [0.05, 0.1) is 23.0 Å². The van der Waals surface area contributed by atoms with Crippen molar-refractivity contribution in [2.24, 2.45) is 5.10 Å². The molecule has 0 spiro atoms. The van der Waals surface area contributed by atoms with E-state index in [0.717, 1.165) is 27.7 Å². The van der Waals surface area contributed by atoms with E-state index in [1.165, 1.54) is 0 Å². The van der Waals surface area contributed by atoms with Gasteiger partial charge in [0.25, 0.3) is 5.91 Å². The first kappa shape index (κ1) is 16.1. The topological polar surface area (TPSA) is 68.5 Å². The number of thiophene rings is 1. The molecule has 0 aliphatic heterocycles. The lowest BCUT2D eigenvalue weighted by Gasteiger charge is -2.08. The molecule has 2 N–H and O–H groups in total. The second kappa shape index (κ2) is 7.25. The molecule has 0 bridgehead atoms. The summed E-state index contributed by atoms with van der Waals surface area (Å²) < 4.78 is 0. The van der Waals surface area contributed by atoms with Gasteiger partial charge in [0.15, 0.2) is 12.4 Å². The first-order valence-electron chi connectivity index (χ1n) is 8.03. The number of para-hydroxylation sites is 1. The van der Waals surface area contributed by atoms with Crippen molar-refractivity contribution < 1.29 is 9.78 Å². The van der Waals surface area contributed by atoms with Crippen molar-refractivity contribution >= 4 is 34.4 Å². The van der Waals surface area contributed by atoms with Crippen molar-refractivity contribution in [2.75, 3.05) is 0 Å². The SMILES string of the molecule is O=C(NN=Cc1ccsc1)c1cc(-c2cc[nH+]cc2)nc2ccccc12. The summed E-state index contributed by atoms with van der Waals surface area (Å²) in [6, 6.07) is 15.2. The monoisotopic (exact) mass is 359 g/mol. The van der Waals surface area contributed by atoms with E-state index in [-0.39, 0.29) is 5.91 Å². The van der Waals surface area contributed by atoms with E-state index in [1.54, 1.807) is 23.6 Å². The zero-order valence-electron chi connectivity index (χ0n) is 13.7. The number of carbonyl (C=O) groups is 1. The maximum absolute atomic E-state index is 12.7. The number of carbonyl (C=O) groups excluding carboxylic acids is 1. The molecule has 0 radical (unpaired) electrons. The Morgan fingerprint density at radius 2 is 2.00 bits per heavy atom. The molecule has 0 aliphatic rings. The van der Waals surface area contributed by atoms with E-state index in [0.29, 0.717) is 5.56 Å². The van der Waals surface area contributed by atoms with Crippen LogP contribution in [-0.4, -0.2) is 17.1 Å². The van der Waals surface area contributed by atoms with Crippen LogP contribution < -0.4 is 10.4 Å². The van der Waals surface area contributed by atoms with Crippen LogP contribution in [0.2, 0.25) is 0 Å². The predicted molar refractivity (Wildman–Crippen MR) is 103 cm³/mol. The van der Waals surface area contributed by atoms with Crippen LogP contribution in [0.25, 0.3) is 22.2 Å². The number of amides is 1. The maximum atomic E-state index is 12.7. The molecule has 3 heterocycles. The molecule has 4 rings (SSSR count). The highest BCUT2D eigenvalue weighted by Crippen LogP contribution is 2.24. The number of benzene rings is 1. The number of hydrazone groups is 1. The first-order valence-corrected chi connectivity index (χ1v) is 8.97. The Labute approximate surface area is 154 Å². The third kappa shape index (κ3) is 3.36. The molecule has 26 heavy (non-hydrogen) atoms. The number of nitrogens with one attached hydrogen (secondary N) is 2. The van der Waals surface area contributed by atoms with Crippen molar-refractivity contribution in [1.82, 2.24) is 10.4 Å². The molecule has 6 heteroatoms. The molecule has 4 aromatic rings. The van der Waals surface area contributed by atoms with Crippen molar-refractivity contribution in [3.8, 4) is 11.3 Å². The van der Waals surface area contributed by atoms with Gasteiger partial charge >= 0.3 is 0 Å². The fourth-order valence-corrected chi connectivity index (χ4v) is 3.25. The minimum absolute atomic E-state index is 0.265. The van der Waals surface area contributed by atoms with E-state index in [1.807, 2.05) is 65.6 Å². The average molecular weight is 359 g/mol. The van der Waals surface area contributed by atoms with Crippen LogP contribution in [0.1, 0.15) is 15.9 Å². The Hall–Kier alpha value is -3.38. The molecule has 0 saturated carbocycles. The molecule has 126 valence electrons. The number of rotatable bonds is 4. The minimum atomic E-state index is -0.265. The Morgan fingerprint density at radius 3 is 2.81 bits per heavy atom. The second-order valence-electron chi connectivity index (χ2n) is 5.62. The largest absolute Gasteiger partial charge is 0.272 e. The van der Waals surface area contributed by atoms with Crippen LogP contribution in [0.5, 0.6) is 0 Å². The summed E-state index contributed by atoms with van der Waals surface area (Å²) in [5.74, 6) is -0.265. The van der Waals surface area contributed by atoms with Crippen molar-refractivity contribution in [2.45, 2.75) is 0 Å². The Morgan fingerprint density at radius 1 is 1.15 bits per heavy atom. The smallest absolute Gasteiger partial charge is 0.267 e.